The molecule has 1 aliphatic rings. The fourth-order valence-electron chi connectivity index (χ4n) is 1.79. The minimum Gasteiger partial charge on any atom is -0.352 e. The summed E-state index contributed by atoms with van der Waals surface area (Å²) in [6, 6.07) is 6.27. The number of halogens is 2. The van der Waals surface area contributed by atoms with E-state index in [1.807, 2.05) is 0 Å². The molecule has 2 rings (SSSR count). The molecule has 5 heteroatoms. The van der Waals surface area contributed by atoms with Crippen molar-refractivity contribution in [1.29, 1.82) is 0 Å². The number of likely N-dealkylation sites (N-methyl/N-ethyl adjacent to an activating group) is 1. The van der Waals surface area contributed by atoms with Gasteiger partial charge < -0.3 is 10.2 Å². The van der Waals surface area contributed by atoms with Crippen LogP contribution in [0.2, 0.25) is 0 Å². The first-order valence-electron chi connectivity index (χ1n) is 5.68. The number of hydrogen-bond donors (Lipinski definition) is 1. The number of rotatable bonds is 3. The van der Waals surface area contributed by atoms with Crippen LogP contribution in [0.4, 0.5) is 0 Å². The summed E-state index contributed by atoms with van der Waals surface area (Å²) in [6.45, 7) is 5.90. The Balaban J connectivity index is 1.96. The van der Waals surface area contributed by atoms with Crippen LogP contribution in [0.5, 0.6) is 0 Å². The van der Waals surface area contributed by atoms with Crippen LogP contribution in [-0.4, -0.2) is 30.5 Å². The molecule has 1 aromatic carbocycles. The highest BCUT2D eigenvalue weighted by Crippen LogP contribution is 2.23. The van der Waals surface area contributed by atoms with Crippen molar-refractivity contribution in [3.05, 3.63) is 32.7 Å². The van der Waals surface area contributed by atoms with Crippen molar-refractivity contribution < 1.29 is 0 Å². The SMILES string of the molecule is CCN1CCN=C1NCc1ccc(Br)c(Br)c1. The molecule has 1 aliphatic heterocycles. The second-order valence-electron chi connectivity index (χ2n) is 3.89. The van der Waals surface area contributed by atoms with Crippen LogP contribution in [0.3, 0.4) is 0 Å². The van der Waals surface area contributed by atoms with Gasteiger partial charge in [-0.25, -0.2) is 0 Å². The molecule has 0 radical (unpaired) electrons. The van der Waals surface area contributed by atoms with E-state index < -0.39 is 0 Å². The van der Waals surface area contributed by atoms with Gasteiger partial charge in [-0.2, -0.15) is 0 Å². The number of hydrogen-bond acceptors (Lipinski definition) is 3. The maximum atomic E-state index is 4.45. The first-order valence-corrected chi connectivity index (χ1v) is 7.26. The van der Waals surface area contributed by atoms with E-state index in [0.717, 1.165) is 41.1 Å². The van der Waals surface area contributed by atoms with E-state index in [0.29, 0.717) is 0 Å². The normalized spacial score (nSPS) is 15.0. The molecule has 1 N–H and O–H groups in total. The van der Waals surface area contributed by atoms with Gasteiger partial charge in [0.1, 0.15) is 0 Å². The lowest BCUT2D eigenvalue weighted by molar-refractivity contribution is 0.466. The van der Waals surface area contributed by atoms with Crippen molar-refractivity contribution >= 4 is 37.8 Å². The quantitative estimate of drug-likeness (QED) is 0.897. The smallest absolute Gasteiger partial charge is 0.194 e. The summed E-state index contributed by atoms with van der Waals surface area (Å²) in [5.74, 6) is 1.02. The highest BCUT2D eigenvalue weighted by atomic mass is 79.9. The Morgan fingerprint density at radius 3 is 2.88 bits per heavy atom. The maximum Gasteiger partial charge on any atom is 0.194 e. The number of nitrogens with zero attached hydrogens (tertiary/aromatic N) is 2. The summed E-state index contributed by atoms with van der Waals surface area (Å²) in [4.78, 5) is 6.71. The van der Waals surface area contributed by atoms with Crippen LogP contribution in [0.25, 0.3) is 0 Å². The van der Waals surface area contributed by atoms with Crippen molar-refractivity contribution in [2.75, 3.05) is 19.6 Å². The van der Waals surface area contributed by atoms with Gasteiger partial charge in [0.2, 0.25) is 0 Å². The van der Waals surface area contributed by atoms with Crippen LogP contribution in [-0.2, 0) is 6.54 Å². The molecule has 0 atom stereocenters. The van der Waals surface area contributed by atoms with Crippen molar-refractivity contribution in [2.24, 2.45) is 4.99 Å². The number of guanidine groups is 1. The molecule has 92 valence electrons. The second-order valence-corrected chi connectivity index (χ2v) is 5.60. The van der Waals surface area contributed by atoms with E-state index in [2.05, 4.69) is 72.2 Å². The molecule has 17 heavy (non-hydrogen) atoms. The number of nitrogens with one attached hydrogen (secondary N) is 1. The van der Waals surface area contributed by atoms with Crippen LogP contribution in [0, 0.1) is 0 Å². The molecule has 0 unspecified atom stereocenters. The van der Waals surface area contributed by atoms with E-state index >= 15 is 0 Å². The third-order valence-corrected chi connectivity index (χ3v) is 4.63. The van der Waals surface area contributed by atoms with Gasteiger partial charge in [0.15, 0.2) is 5.96 Å². The number of benzene rings is 1. The van der Waals surface area contributed by atoms with Gasteiger partial charge in [0, 0.05) is 28.6 Å². The van der Waals surface area contributed by atoms with Crippen molar-refractivity contribution in [1.82, 2.24) is 10.2 Å². The Hall–Kier alpha value is -0.550. The largest absolute Gasteiger partial charge is 0.352 e. The molecule has 0 saturated carbocycles. The molecule has 0 spiro atoms. The first kappa shape index (κ1) is 12.9. The van der Waals surface area contributed by atoms with Crippen LogP contribution in [0.1, 0.15) is 12.5 Å². The molecule has 0 fully saturated rings. The average molecular weight is 361 g/mol. The maximum absolute atomic E-state index is 4.45. The lowest BCUT2D eigenvalue weighted by atomic mass is 10.2. The molecular formula is C12H15Br2N3. The molecule has 0 bridgehead atoms. The Morgan fingerprint density at radius 1 is 1.35 bits per heavy atom. The van der Waals surface area contributed by atoms with E-state index in [9.17, 15) is 0 Å². The molecule has 3 nitrogen and oxygen atoms in total. The topological polar surface area (TPSA) is 27.6 Å². The predicted octanol–water partition coefficient (Wildman–Crippen LogP) is 2.99. The van der Waals surface area contributed by atoms with Crippen molar-refractivity contribution in [3.63, 3.8) is 0 Å². The fraction of sp³-hybridized carbons (Fsp3) is 0.417. The second kappa shape index (κ2) is 5.87. The van der Waals surface area contributed by atoms with Crippen molar-refractivity contribution in [3.8, 4) is 0 Å². The van der Waals surface area contributed by atoms with Crippen molar-refractivity contribution in [2.45, 2.75) is 13.5 Å². The molecule has 0 aliphatic carbocycles. The van der Waals surface area contributed by atoms with Crippen LogP contribution in [0.15, 0.2) is 32.1 Å². The Morgan fingerprint density at radius 2 is 2.18 bits per heavy atom. The van der Waals surface area contributed by atoms with E-state index in [-0.39, 0.29) is 0 Å². The van der Waals surface area contributed by atoms with Gasteiger partial charge in [-0.3, -0.25) is 4.99 Å². The highest BCUT2D eigenvalue weighted by molar-refractivity contribution is 9.13. The van der Waals surface area contributed by atoms with E-state index in [1.54, 1.807) is 0 Å². The van der Waals surface area contributed by atoms with E-state index in [4.69, 9.17) is 0 Å². The van der Waals surface area contributed by atoms with Gasteiger partial charge in [0.25, 0.3) is 0 Å². The van der Waals surface area contributed by atoms with Gasteiger partial charge in [-0.15, -0.1) is 0 Å². The summed E-state index contributed by atoms with van der Waals surface area (Å²) >= 11 is 6.98. The predicted molar refractivity (Wildman–Crippen MR) is 78.2 cm³/mol. The molecular weight excluding hydrogens is 346 g/mol. The zero-order chi connectivity index (χ0) is 12.3. The molecule has 0 aromatic heterocycles. The van der Waals surface area contributed by atoms with Crippen LogP contribution >= 0.6 is 31.9 Å². The third kappa shape index (κ3) is 3.22. The van der Waals surface area contributed by atoms with Gasteiger partial charge in [0.05, 0.1) is 6.54 Å². The summed E-state index contributed by atoms with van der Waals surface area (Å²) in [7, 11) is 0. The lowest BCUT2D eigenvalue weighted by Crippen LogP contribution is -2.37. The lowest BCUT2D eigenvalue weighted by Gasteiger charge is -2.18. The van der Waals surface area contributed by atoms with Gasteiger partial charge in [-0.1, -0.05) is 6.07 Å². The minimum absolute atomic E-state index is 0.807. The Bertz CT molecular complexity index is 432. The third-order valence-electron chi connectivity index (χ3n) is 2.75. The average Bonchev–Trinajstić information content (AvgIpc) is 2.78. The molecule has 0 saturated heterocycles. The first-order chi connectivity index (χ1) is 8.20. The summed E-state index contributed by atoms with van der Waals surface area (Å²) in [5.41, 5.74) is 1.24. The Labute approximate surface area is 119 Å². The zero-order valence-corrected chi connectivity index (χ0v) is 12.9. The Kier molecular flexibility index (Phi) is 4.45. The van der Waals surface area contributed by atoms with E-state index in [1.165, 1.54) is 5.56 Å². The monoisotopic (exact) mass is 359 g/mol. The minimum atomic E-state index is 0.807. The number of aliphatic imine (C=N–C) groups is 1. The van der Waals surface area contributed by atoms with Gasteiger partial charge in [-0.05, 0) is 56.5 Å². The zero-order valence-electron chi connectivity index (χ0n) is 9.71. The molecule has 0 amide bonds. The summed E-state index contributed by atoms with van der Waals surface area (Å²) in [6.07, 6.45) is 0. The van der Waals surface area contributed by atoms with Gasteiger partial charge >= 0.3 is 0 Å². The highest BCUT2D eigenvalue weighted by Gasteiger charge is 2.13. The summed E-state index contributed by atoms with van der Waals surface area (Å²) in [5, 5.41) is 3.39. The van der Waals surface area contributed by atoms with Crippen LogP contribution < -0.4 is 5.32 Å². The summed E-state index contributed by atoms with van der Waals surface area (Å²) < 4.78 is 2.16. The molecule has 1 aromatic rings. The standard InChI is InChI=1S/C12H15Br2N3/c1-2-17-6-5-15-12(17)16-8-9-3-4-10(13)11(14)7-9/h3-4,7H,2,5-6,8H2,1H3,(H,15,16). The fourth-order valence-corrected chi connectivity index (χ4v) is 2.46. The molecule has 1 heterocycles.